The number of pyridine rings is 1. The molecule has 33 heavy (non-hydrogen) atoms. The summed E-state index contributed by atoms with van der Waals surface area (Å²) in [6.07, 6.45) is 5.87. The molecule has 170 valence electrons. The fourth-order valence-corrected chi connectivity index (χ4v) is 5.14. The zero-order chi connectivity index (χ0) is 22.6. The molecular formula is C26H29N5OS. The molecule has 0 saturated carbocycles. The van der Waals surface area contributed by atoms with E-state index in [2.05, 4.69) is 63.2 Å². The van der Waals surface area contributed by atoms with Crippen LogP contribution in [-0.4, -0.2) is 44.4 Å². The highest BCUT2D eigenvalue weighted by atomic mass is 32.2. The van der Waals surface area contributed by atoms with Gasteiger partial charge in [-0.05, 0) is 48.8 Å². The number of H-pyrrole nitrogens is 1. The summed E-state index contributed by atoms with van der Waals surface area (Å²) in [6, 6.07) is 12.8. The summed E-state index contributed by atoms with van der Waals surface area (Å²) in [5.74, 6) is 1.75. The first-order valence-electron chi connectivity index (χ1n) is 11.8. The van der Waals surface area contributed by atoms with E-state index in [9.17, 15) is 4.79 Å². The van der Waals surface area contributed by atoms with Crippen LogP contribution >= 0.6 is 11.8 Å². The van der Waals surface area contributed by atoms with E-state index in [4.69, 9.17) is 4.98 Å². The SMILES string of the molecule is CCSc1ccc(-c2ccc(CN3CCc4nc(C5=NCCCC5)[nH]c(=O)c4C3)cn2)cc1. The van der Waals surface area contributed by atoms with Gasteiger partial charge in [0.15, 0.2) is 5.82 Å². The molecule has 3 aromatic rings. The molecule has 2 aliphatic rings. The van der Waals surface area contributed by atoms with Crippen molar-refractivity contribution in [3.05, 3.63) is 75.6 Å². The predicted molar refractivity (Wildman–Crippen MR) is 134 cm³/mol. The normalized spacial score (nSPS) is 16.3. The van der Waals surface area contributed by atoms with Crippen LogP contribution in [0.3, 0.4) is 0 Å². The molecule has 4 heterocycles. The number of fused-ring (bicyclic) bond motifs is 1. The first-order chi connectivity index (χ1) is 16.2. The summed E-state index contributed by atoms with van der Waals surface area (Å²) in [7, 11) is 0. The summed E-state index contributed by atoms with van der Waals surface area (Å²) < 4.78 is 0. The Morgan fingerprint density at radius 3 is 2.70 bits per heavy atom. The Morgan fingerprint density at radius 1 is 1.09 bits per heavy atom. The predicted octanol–water partition coefficient (Wildman–Crippen LogP) is 4.48. The summed E-state index contributed by atoms with van der Waals surface area (Å²) in [5.41, 5.74) is 5.91. The molecule has 6 nitrogen and oxygen atoms in total. The van der Waals surface area contributed by atoms with Gasteiger partial charge in [0, 0.05) is 49.3 Å². The maximum atomic E-state index is 12.8. The van der Waals surface area contributed by atoms with Gasteiger partial charge in [0.25, 0.3) is 5.56 Å². The lowest BCUT2D eigenvalue weighted by atomic mass is 10.0. The molecule has 0 unspecified atom stereocenters. The largest absolute Gasteiger partial charge is 0.305 e. The second-order valence-corrected chi connectivity index (χ2v) is 9.93. The van der Waals surface area contributed by atoms with Gasteiger partial charge in [-0.2, -0.15) is 0 Å². The third-order valence-corrected chi connectivity index (χ3v) is 7.13. The monoisotopic (exact) mass is 459 g/mol. The van der Waals surface area contributed by atoms with E-state index in [0.29, 0.717) is 12.4 Å². The molecule has 2 aliphatic heterocycles. The fraction of sp³-hybridized carbons (Fsp3) is 0.385. The van der Waals surface area contributed by atoms with Gasteiger partial charge in [0.2, 0.25) is 0 Å². The van der Waals surface area contributed by atoms with Gasteiger partial charge in [-0.1, -0.05) is 25.1 Å². The highest BCUT2D eigenvalue weighted by Gasteiger charge is 2.22. The number of aliphatic imine (C=N–C) groups is 1. The van der Waals surface area contributed by atoms with Crippen LogP contribution < -0.4 is 5.56 Å². The van der Waals surface area contributed by atoms with Crippen molar-refractivity contribution in [3.63, 3.8) is 0 Å². The van der Waals surface area contributed by atoms with E-state index < -0.39 is 0 Å². The summed E-state index contributed by atoms with van der Waals surface area (Å²) in [5, 5.41) is 0. The highest BCUT2D eigenvalue weighted by molar-refractivity contribution is 7.99. The van der Waals surface area contributed by atoms with Crippen LogP contribution in [0.1, 0.15) is 48.8 Å². The molecule has 0 aliphatic carbocycles. The summed E-state index contributed by atoms with van der Waals surface area (Å²) in [4.78, 5) is 33.4. The Hall–Kier alpha value is -2.77. The number of nitrogens with one attached hydrogen (secondary N) is 1. The van der Waals surface area contributed by atoms with Crippen molar-refractivity contribution in [1.82, 2.24) is 19.9 Å². The quantitative estimate of drug-likeness (QED) is 0.551. The first-order valence-corrected chi connectivity index (χ1v) is 12.7. The first kappa shape index (κ1) is 22.0. The van der Waals surface area contributed by atoms with E-state index in [0.717, 1.165) is 84.9 Å². The van der Waals surface area contributed by atoms with Crippen LogP contribution in [0, 0.1) is 0 Å². The molecule has 1 aromatic carbocycles. The van der Waals surface area contributed by atoms with Crippen molar-refractivity contribution in [1.29, 1.82) is 0 Å². The second kappa shape index (κ2) is 10.0. The number of hydrogen-bond donors (Lipinski definition) is 1. The average molecular weight is 460 g/mol. The molecule has 5 rings (SSSR count). The molecule has 2 aromatic heterocycles. The summed E-state index contributed by atoms with van der Waals surface area (Å²) in [6.45, 7) is 5.26. The van der Waals surface area contributed by atoms with Crippen LogP contribution in [0.25, 0.3) is 11.3 Å². The van der Waals surface area contributed by atoms with Crippen molar-refractivity contribution >= 4 is 17.5 Å². The van der Waals surface area contributed by atoms with E-state index in [1.165, 1.54) is 4.90 Å². The number of hydrogen-bond acceptors (Lipinski definition) is 6. The molecular weight excluding hydrogens is 430 g/mol. The number of rotatable bonds is 6. The molecule has 0 fully saturated rings. The number of nitrogens with zero attached hydrogens (tertiary/aromatic N) is 4. The number of aromatic amines is 1. The van der Waals surface area contributed by atoms with Crippen LogP contribution in [0.2, 0.25) is 0 Å². The van der Waals surface area contributed by atoms with Crippen LogP contribution in [-0.2, 0) is 19.5 Å². The van der Waals surface area contributed by atoms with Gasteiger partial charge in [0.05, 0.1) is 22.7 Å². The topological polar surface area (TPSA) is 74.2 Å². The van der Waals surface area contributed by atoms with Crippen molar-refractivity contribution in [2.75, 3.05) is 18.8 Å². The van der Waals surface area contributed by atoms with E-state index in [1.54, 1.807) is 0 Å². The minimum absolute atomic E-state index is 0.0221. The van der Waals surface area contributed by atoms with Crippen molar-refractivity contribution in [2.45, 2.75) is 50.6 Å². The van der Waals surface area contributed by atoms with E-state index in [1.807, 2.05) is 18.0 Å². The van der Waals surface area contributed by atoms with Crippen molar-refractivity contribution < 1.29 is 0 Å². The van der Waals surface area contributed by atoms with Gasteiger partial charge < -0.3 is 4.98 Å². The highest BCUT2D eigenvalue weighted by Crippen LogP contribution is 2.24. The molecule has 0 spiro atoms. The average Bonchev–Trinajstić information content (AvgIpc) is 2.86. The van der Waals surface area contributed by atoms with Crippen molar-refractivity contribution in [3.8, 4) is 11.3 Å². The zero-order valence-corrected chi connectivity index (χ0v) is 19.8. The molecule has 1 N–H and O–H groups in total. The maximum Gasteiger partial charge on any atom is 0.255 e. The van der Waals surface area contributed by atoms with Gasteiger partial charge in [-0.3, -0.25) is 19.7 Å². The lowest BCUT2D eigenvalue weighted by Gasteiger charge is -2.27. The van der Waals surface area contributed by atoms with Gasteiger partial charge >= 0.3 is 0 Å². The third kappa shape index (κ3) is 5.09. The van der Waals surface area contributed by atoms with Gasteiger partial charge in [-0.25, -0.2) is 4.98 Å². The Bertz CT molecular complexity index is 1200. The van der Waals surface area contributed by atoms with E-state index in [-0.39, 0.29) is 5.56 Å². The standard InChI is InChI=1S/C26H29N5OS/c1-2-33-20-9-7-19(8-10-20)22-11-6-18(15-28-22)16-31-14-12-23-21(17-31)26(32)30-25(29-23)24-5-3-4-13-27-24/h6-11,15H,2-5,12-14,16-17H2,1H3,(H,29,30,32). The third-order valence-electron chi connectivity index (χ3n) is 6.24. The van der Waals surface area contributed by atoms with Crippen LogP contribution in [0.5, 0.6) is 0 Å². The molecule has 0 atom stereocenters. The van der Waals surface area contributed by atoms with Crippen LogP contribution in [0.4, 0.5) is 0 Å². The number of aromatic nitrogens is 3. The Morgan fingerprint density at radius 2 is 1.97 bits per heavy atom. The summed E-state index contributed by atoms with van der Waals surface area (Å²) >= 11 is 1.84. The molecule has 0 amide bonds. The molecule has 0 radical (unpaired) electrons. The lowest BCUT2D eigenvalue weighted by molar-refractivity contribution is 0.241. The molecule has 0 bridgehead atoms. The van der Waals surface area contributed by atoms with Crippen LogP contribution in [0.15, 0.2) is 57.3 Å². The minimum Gasteiger partial charge on any atom is -0.305 e. The number of thioether (sulfide) groups is 1. The Labute approximate surface area is 198 Å². The Balaban J connectivity index is 1.26. The van der Waals surface area contributed by atoms with Gasteiger partial charge in [-0.15, -0.1) is 11.8 Å². The van der Waals surface area contributed by atoms with E-state index >= 15 is 0 Å². The van der Waals surface area contributed by atoms with Crippen molar-refractivity contribution in [2.24, 2.45) is 4.99 Å². The molecule has 7 heteroatoms. The molecule has 0 saturated heterocycles. The second-order valence-electron chi connectivity index (χ2n) is 8.60. The minimum atomic E-state index is -0.0221. The lowest BCUT2D eigenvalue weighted by Crippen LogP contribution is -2.36. The smallest absolute Gasteiger partial charge is 0.255 e. The van der Waals surface area contributed by atoms with Gasteiger partial charge in [0.1, 0.15) is 0 Å². The Kier molecular flexibility index (Phi) is 6.69. The zero-order valence-electron chi connectivity index (χ0n) is 19.0. The fourth-order valence-electron chi connectivity index (χ4n) is 4.48. The maximum absolute atomic E-state index is 12.8. The number of benzene rings is 1.